The van der Waals surface area contributed by atoms with E-state index in [1.807, 2.05) is 49.8 Å². The van der Waals surface area contributed by atoms with E-state index >= 15 is 0 Å². The molecule has 4 rings (SSSR count). The van der Waals surface area contributed by atoms with Gasteiger partial charge >= 0.3 is 0 Å². The molecule has 1 aliphatic rings. The van der Waals surface area contributed by atoms with Gasteiger partial charge in [0.15, 0.2) is 0 Å². The number of likely N-dealkylation sites (tertiary alicyclic amines) is 1. The van der Waals surface area contributed by atoms with Crippen LogP contribution in [0.4, 0.5) is 0 Å². The molecule has 120 valence electrons. The zero-order valence-corrected chi connectivity index (χ0v) is 13.6. The third-order valence-corrected chi connectivity index (χ3v) is 4.64. The highest BCUT2D eigenvalue weighted by molar-refractivity contribution is 5.81. The minimum Gasteiger partial charge on any atom is -0.344 e. The van der Waals surface area contributed by atoms with Crippen LogP contribution in [-0.4, -0.2) is 34.0 Å². The normalized spacial score (nSPS) is 17.5. The van der Waals surface area contributed by atoms with Crippen LogP contribution in [0.3, 0.4) is 0 Å². The van der Waals surface area contributed by atoms with Crippen molar-refractivity contribution in [3.63, 3.8) is 0 Å². The van der Waals surface area contributed by atoms with Gasteiger partial charge in [-0.05, 0) is 11.1 Å². The number of carbonyl (C=O) groups excluding carboxylic acids is 1. The van der Waals surface area contributed by atoms with E-state index in [0.717, 1.165) is 23.5 Å². The molecule has 2 aromatic carbocycles. The molecule has 1 fully saturated rings. The summed E-state index contributed by atoms with van der Waals surface area (Å²) in [6.07, 6.45) is 4.33. The van der Waals surface area contributed by atoms with Gasteiger partial charge < -0.3 is 9.47 Å². The minimum absolute atomic E-state index is 0.142. The number of nitrogens with zero attached hydrogens (tertiary/aromatic N) is 3. The van der Waals surface area contributed by atoms with Crippen LogP contribution < -0.4 is 0 Å². The van der Waals surface area contributed by atoms with E-state index in [4.69, 9.17) is 0 Å². The summed E-state index contributed by atoms with van der Waals surface area (Å²) >= 11 is 0. The van der Waals surface area contributed by atoms with E-state index < -0.39 is 0 Å². The molecule has 1 atom stereocenters. The predicted octanol–water partition coefficient (Wildman–Crippen LogP) is 3.62. The largest absolute Gasteiger partial charge is 0.344 e. The maximum absolute atomic E-state index is 11.9. The van der Waals surface area contributed by atoms with Crippen molar-refractivity contribution < 1.29 is 4.79 Å². The maximum Gasteiger partial charge on any atom is 0.224 e. The Morgan fingerprint density at radius 3 is 2.42 bits per heavy atom. The zero-order chi connectivity index (χ0) is 16.5. The Kier molecular flexibility index (Phi) is 3.65. The van der Waals surface area contributed by atoms with E-state index in [9.17, 15) is 4.79 Å². The van der Waals surface area contributed by atoms with Gasteiger partial charge in [-0.15, -0.1) is 0 Å². The van der Waals surface area contributed by atoms with Gasteiger partial charge in [-0.2, -0.15) is 0 Å². The fraction of sp³-hybridized carbons (Fsp3) is 0.200. The molecule has 4 nitrogen and oxygen atoms in total. The van der Waals surface area contributed by atoms with E-state index in [1.165, 1.54) is 5.56 Å². The van der Waals surface area contributed by atoms with Crippen molar-refractivity contribution in [1.82, 2.24) is 14.5 Å². The minimum atomic E-state index is 0.142. The van der Waals surface area contributed by atoms with Crippen molar-refractivity contribution in [3.8, 4) is 22.5 Å². The molecule has 0 saturated carbocycles. The van der Waals surface area contributed by atoms with Crippen LogP contribution in [0.25, 0.3) is 22.5 Å². The molecule has 0 bridgehead atoms. The fourth-order valence-corrected chi connectivity index (χ4v) is 3.39. The number of imidazole rings is 1. The lowest BCUT2D eigenvalue weighted by molar-refractivity contribution is -0.126. The number of aromatic nitrogens is 2. The quantitative estimate of drug-likeness (QED) is 0.740. The first-order valence-corrected chi connectivity index (χ1v) is 8.15. The second-order valence-electron chi connectivity index (χ2n) is 6.20. The van der Waals surface area contributed by atoms with Crippen LogP contribution in [0.5, 0.6) is 0 Å². The van der Waals surface area contributed by atoms with Gasteiger partial charge in [0.2, 0.25) is 5.91 Å². The highest BCUT2D eigenvalue weighted by Crippen LogP contribution is 2.33. The molecule has 1 aliphatic heterocycles. The van der Waals surface area contributed by atoms with Crippen molar-refractivity contribution in [1.29, 1.82) is 0 Å². The van der Waals surface area contributed by atoms with Crippen molar-refractivity contribution >= 4 is 5.91 Å². The van der Waals surface area contributed by atoms with Crippen LogP contribution in [-0.2, 0) is 4.79 Å². The van der Waals surface area contributed by atoms with Gasteiger partial charge in [-0.25, -0.2) is 4.98 Å². The first kappa shape index (κ1) is 14.7. The number of likely N-dealkylation sites (N-methyl/N-ethyl adjacent to an activating group) is 1. The Morgan fingerprint density at radius 2 is 1.71 bits per heavy atom. The van der Waals surface area contributed by atoms with E-state index in [1.54, 1.807) is 4.90 Å². The van der Waals surface area contributed by atoms with Crippen LogP contribution in [0.15, 0.2) is 67.0 Å². The van der Waals surface area contributed by atoms with Crippen molar-refractivity contribution in [2.45, 2.75) is 12.5 Å². The molecular formula is C20H19N3O. The summed E-state index contributed by atoms with van der Waals surface area (Å²) in [5, 5.41) is 0. The molecule has 1 saturated heterocycles. The number of hydrogen-bond acceptors (Lipinski definition) is 2. The molecule has 2 heterocycles. The lowest BCUT2D eigenvalue weighted by Gasteiger charge is -2.17. The van der Waals surface area contributed by atoms with Gasteiger partial charge in [-0.1, -0.05) is 54.6 Å². The van der Waals surface area contributed by atoms with Gasteiger partial charge in [0.1, 0.15) is 5.82 Å². The highest BCUT2D eigenvalue weighted by Gasteiger charge is 2.29. The van der Waals surface area contributed by atoms with Gasteiger partial charge in [0.25, 0.3) is 0 Å². The second kappa shape index (κ2) is 5.96. The van der Waals surface area contributed by atoms with Crippen LogP contribution in [0, 0.1) is 0 Å². The zero-order valence-electron chi connectivity index (χ0n) is 13.6. The molecule has 0 spiro atoms. The average molecular weight is 317 g/mol. The molecular weight excluding hydrogens is 298 g/mol. The van der Waals surface area contributed by atoms with Crippen molar-refractivity contribution in [2.75, 3.05) is 13.6 Å². The topological polar surface area (TPSA) is 38.1 Å². The Balaban J connectivity index is 1.79. The number of rotatable bonds is 3. The summed E-state index contributed by atoms with van der Waals surface area (Å²) in [6, 6.07) is 18.8. The Bertz CT molecular complexity index is 869. The molecule has 0 N–H and O–H groups in total. The third kappa shape index (κ3) is 2.50. The molecule has 0 radical (unpaired) electrons. The Labute approximate surface area is 141 Å². The number of amides is 1. The number of carbonyl (C=O) groups is 1. The Hall–Kier alpha value is -2.88. The van der Waals surface area contributed by atoms with Crippen molar-refractivity contribution in [3.05, 3.63) is 67.0 Å². The molecule has 3 aromatic rings. The molecule has 0 aliphatic carbocycles. The first-order chi connectivity index (χ1) is 11.7. The van der Waals surface area contributed by atoms with Gasteiger partial charge in [-0.3, -0.25) is 4.79 Å². The SMILES string of the molecule is CN1CC(n2ccnc2-c2ccccc2-c2ccccc2)CC1=O. The van der Waals surface area contributed by atoms with Gasteiger partial charge in [0.05, 0.1) is 6.04 Å². The predicted molar refractivity (Wildman–Crippen MR) is 94.4 cm³/mol. The first-order valence-electron chi connectivity index (χ1n) is 8.15. The molecule has 1 amide bonds. The summed E-state index contributed by atoms with van der Waals surface area (Å²) in [4.78, 5) is 18.3. The summed E-state index contributed by atoms with van der Waals surface area (Å²) in [5.74, 6) is 1.11. The van der Waals surface area contributed by atoms with E-state index in [2.05, 4.69) is 33.8 Å². The Morgan fingerprint density at radius 1 is 1.00 bits per heavy atom. The second-order valence-corrected chi connectivity index (χ2v) is 6.20. The average Bonchev–Trinajstić information content (AvgIpc) is 3.23. The van der Waals surface area contributed by atoms with E-state index in [0.29, 0.717) is 6.42 Å². The summed E-state index contributed by atoms with van der Waals surface area (Å²) < 4.78 is 2.14. The monoisotopic (exact) mass is 317 g/mol. The van der Waals surface area contributed by atoms with Crippen molar-refractivity contribution in [2.24, 2.45) is 0 Å². The molecule has 1 aromatic heterocycles. The number of hydrogen-bond donors (Lipinski definition) is 0. The standard InChI is InChI=1S/C20H19N3O/c1-22-14-16(13-19(22)24)23-12-11-21-20(23)18-10-6-5-9-17(18)15-7-3-2-4-8-15/h2-12,16H,13-14H2,1H3. The lowest BCUT2D eigenvalue weighted by Crippen LogP contribution is -2.19. The van der Waals surface area contributed by atoms with Crippen LogP contribution in [0.2, 0.25) is 0 Å². The lowest BCUT2D eigenvalue weighted by atomic mass is 9.99. The van der Waals surface area contributed by atoms with Gasteiger partial charge in [0, 0.05) is 38.0 Å². The molecule has 4 heteroatoms. The van der Waals surface area contributed by atoms with E-state index in [-0.39, 0.29) is 11.9 Å². The summed E-state index contributed by atoms with van der Waals surface area (Å²) in [5.41, 5.74) is 3.42. The summed E-state index contributed by atoms with van der Waals surface area (Å²) in [7, 11) is 1.86. The van der Waals surface area contributed by atoms with Crippen LogP contribution in [0.1, 0.15) is 12.5 Å². The smallest absolute Gasteiger partial charge is 0.224 e. The fourth-order valence-electron chi connectivity index (χ4n) is 3.39. The highest BCUT2D eigenvalue weighted by atomic mass is 16.2. The molecule has 1 unspecified atom stereocenters. The van der Waals surface area contributed by atoms with Crippen LogP contribution >= 0.6 is 0 Å². The summed E-state index contributed by atoms with van der Waals surface area (Å²) in [6.45, 7) is 0.732. The molecule has 24 heavy (non-hydrogen) atoms. The third-order valence-electron chi connectivity index (χ3n) is 4.64. The maximum atomic E-state index is 11.9. The number of benzene rings is 2.